The zero-order chi connectivity index (χ0) is 29.0. The van der Waals surface area contributed by atoms with Crippen LogP contribution < -0.4 is 9.64 Å². The number of pyridine rings is 1. The number of para-hydroxylation sites is 1. The Morgan fingerprint density at radius 1 is 0.881 bits per heavy atom. The van der Waals surface area contributed by atoms with Crippen LogP contribution in [0.3, 0.4) is 0 Å². The fraction of sp³-hybridized carbons (Fsp3) is 0.265. The predicted octanol–water partition coefficient (Wildman–Crippen LogP) is 5.49. The Balaban J connectivity index is 1.14. The molecular formula is C34H28N2O6. The zero-order valence-corrected chi connectivity index (χ0v) is 23.0. The number of imide groups is 1. The normalized spacial score (nSPS) is 22.5. The molecule has 0 radical (unpaired) electrons. The molecule has 3 fully saturated rings. The summed E-state index contributed by atoms with van der Waals surface area (Å²) >= 11 is 0. The molecule has 2 bridgehead atoms. The third-order valence-electron chi connectivity index (χ3n) is 9.01. The van der Waals surface area contributed by atoms with Crippen LogP contribution in [0.4, 0.5) is 5.69 Å². The molecule has 2 amide bonds. The van der Waals surface area contributed by atoms with Crippen LogP contribution in [0.2, 0.25) is 0 Å². The number of hydrogen-bond acceptors (Lipinski definition) is 7. The Kier molecular flexibility index (Phi) is 6.34. The van der Waals surface area contributed by atoms with Gasteiger partial charge in [0, 0.05) is 16.5 Å². The summed E-state index contributed by atoms with van der Waals surface area (Å²) in [7, 11) is 1.52. The van der Waals surface area contributed by atoms with Gasteiger partial charge in [-0.25, -0.2) is 9.78 Å². The van der Waals surface area contributed by atoms with Gasteiger partial charge in [-0.1, -0.05) is 42.5 Å². The first-order chi connectivity index (χ1) is 20.4. The molecule has 3 aliphatic rings. The molecule has 3 aromatic carbocycles. The van der Waals surface area contributed by atoms with Crippen LogP contribution >= 0.6 is 0 Å². The second-order valence-electron chi connectivity index (χ2n) is 11.2. The molecule has 2 aliphatic carbocycles. The van der Waals surface area contributed by atoms with E-state index in [1.165, 1.54) is 12.0 Å². The number of hydrogen-bond donors (Lipinski definition) is 0. The highest BCUT2D eigenvalue weighted by molar-refractivity contribution is 6.22. The van der Waals surface area contributed by atoms with Gasteiger partial charge in [0.15, 0.2) is 12.4 Å². The number of carbonyl (C=O) groups excluding carboxylic acids is 4. The molecular weight excluding hydrogens is 532 g/mol. The van der Waals surface area contributed by atoms with E-state index < -0.39 is 12.6 Å². The predicted molar refractivity (Wildman–Crippen MR) is 155 cm³/mol. The third-order valence-corrected chi connectivity index (χ3v) is 9.01. The zero-order valence-electron chi connectivity index (χ0n) is 23.0. The van der Waals surface area contributed by atoms with Crippen molar-refractivity contribution in [1.29, 1.82) is 0 Å². The number of fused-ring (bicyclic) bond motifs is 6. The standard InChI is InChI=1S/C34H28N2O6/c1-41-24-6-4-5-20(16-24)29(37)18-42-34(40)26-17-28(35-27-8-3-2-7-25(26)27)19-11-13-23(14-12-19)36-32(38)30-21-9-10-22(15-21)31(30)33(36)39/h2-8,11-14,16-17,21-22,30-31H,9-10,15,18H2,1H3/t21-,22-,30-,31+/m0/s1. The lowest BCUT2D eigenvalue weighted by molar-refractivity contribution is -0.123. The van der Waals surface area contributed by atoms with E-state index in [-0.39, 0.29) is 35.0 Å². The fourth-order valence-electron chi connectivity index (χ4n) is 7.03. The van der Waals surface area contributed by atoms with E-state index in [0.29, 0.717) is 51.0 Å². The smallest absolute Gasteiger partial charge is 0.339 e. The van der Waals surface area contributed by atoms with Crippen LogP contribution in [0.5, 0.6) is 5.75 Å². The van der Waals surface area contributed by atoms with E-state index in [1.807, 2.05) is 12.1 Å². The maximum absolute atomic E-state index is 13.3. The number of esters is 1. The number of methoxy groups -OCH3 is 1. The van der Waals surface area contributed by atoms with Gasteiger partial charge in [0.05, 0.1) is 41.4 Å². The Hall–Kier alpha value is -4.85. The quantitative estimate of drug-likeness (QED) is 0.167. The second-order valence-corrected chi connectivity index (χ2v) is 11.2. The number of aromatic nitrogens is 1. The molecule has 8 nitrogen and oxygen atoms in total. The van der Waals surface area contributed by atoms with Crippen molar-refractivity contribution in [2.24, 2.45) is 23.7 Å². The summed E-state index contributed by atoms with van der Waals surface area (Å²) in [5, 5.41) is 0.603. The SMILES string of the molecule is COc1cccc(C(=O)COC(=O)c2cc(-c3ccc(N4C(=O)[C@@H]5[C@H]6CC[C@@H](C6)[C@@H]5C4=O)cc3)nc3ccccc23)c1. The highest BCUT2D eigenvalue weighted by atomic mass is 16.5. The van der Waals surface area contributed by atoms with Gasteiger partial charge in [-0.3, -0.25) is 19.3 Å². The monoisotopic (exact) mass is 560 g/mol. The van der Waals surface area contributed by atoms with Gasteiger partial charge in [-0.2, -0.15) is 0 Å². The number of anilines is 1. The summed E-state index contributed by atoms with van der Waals surface area (Å²) in [6.45, 7) is -0.422. The molecule has 4 aromatic rings. The lowest BCUT2D eigenvalue weighted by Gasteiger charge is -2.19. The highest BCUT2D eigenvalue weighted by Crippen LogP contribution is 2.56. The molecule has 7 rings (SSSR count). The Morgan fingerprint density at radius 3 is 2.31 bits per heavy atom. The Bertz CT molecular complexity index is 1740. The van der Waals surface area contributed by atoms with E-state index in [2.05, 4.69) is 0 Å². The lowest BCUT2D eigenvalue weighted by atomic mass is 9.81. The maximum Gasteiger partial charge on any atom is 0.339 e. The van der Waals surface area contributed by atoms with Crippen molar-refractivity contribution in [2.45, 2.75) is 19.3 Å². The van der Waals surface area contributed by atoms with E-state index in [1.54, 1.807) is 66.7 Å². The number of benzene rings is 3. The number of nitrogens with zero attached hydrogens (tertiary/aromatic N) is 2. The van der Waals surface area contributed by atoms with E-state index in [9.17, 15) is 19.2 Å². The molecule has 1 aliphatic heterocycles. The first kappa shape index (κ1) is 26.1. The molecule has 2 saturated carbocycles. The van der Waals surface area contributed by atoms with Gasteiger partial charge in [-0.05, 0) is 67.5 Å². The number of carbonyl (C=O) groups is 4. The van der Waals surface area contributed by atoms with Gasteiger partial charge >= 0.3 is 5.97 Å². The topological polar surface area (TPSA) is 103 Å². The van der Waals surface area contributed by atoms with Crippen LogP contribution in [0.25, 0.3) is 22.2 Å². The largest absolute Gasteiger partial charge is 0.497 e. The minimum Gasteiger partial charge on any atom is -0.497 e. The average Bonchev–Trinajstić information content (AvgIpc) is 3.72. The maximum atomic E-state index is 13.3. The van der Waals surface area contributed by atoms with Crippen LogP contribution in [0, 0.1) is 23.7 Å². The van der Waals surface area contributed by atoms with Crippen LogP contribution in [0.15, 0.2) is 78.9 Å². The fourth-order valence-corrected chi connectivity index (χ4v) is 7.03. The molecule has 0 spiro atoms. The molecule has 4 atom stereocenters. The van der Waals surface area contributed by atoms with Crippen molar-refractivity contribution in [3.05, 3.63) is 90.0 Å². The minimum atomic E-state index is -0.642. The molecule has 0 unspecified atom stereocenters. The van der Waals surface area contributed by atoms with Crippen molar-refractivity contribution < 1.29 is 28.7 Å². The minimum absolute atomic E-state index is 0.0812. The van der Waals surface area contributed by atoms with Crippen molar-refractivity contribution in [3.63, 3.8) is 0 Å². The van der Waals surface area contributed by atoms with Gasteiger partial charge in [-0.15, -0.1) is 0 Å². The first-order valence-electron chi connectivity index (χ1n) is 14.2. The van der Waals surface area contributed by atoms with Crippen molar-refractivity contribution in [1.82, 2.24) is 4.98 Å². The van der Waals surface area contributed by atoms with Crippen LogP contribution in [-0.4, -0.2) is 42.3 Å². The number of rotatable bonds is 7. The average molecular weight is 561 g/mol. The third kappa shape index (κ3) is 4.26. The summed E-state index contributed by atoms with van der Waals surface area (Å²) in [5.41, 5.74) is 3.06. The molecule has 1 aromatic heterocycles. The second kappa shape index (κ2) is 10.2. The van der Waals surface area contributed by atoms with Crippen LogP contribution in [-0.2, 0) is 14.3 Å². The summed E-state index contributed by atoms with van der Waals surface area (Å²) in [6.07, 6.45) is 3.06. The van der Waals surface area contributed by atoms with Crippen LogP contribution in [0.1, 0.15) is 40.0 Å². The molecule has 0 N–H and O–H groups in total. The summed E-state index contributed by atoms with van der Waals surface area (Å²) in [4.78, 5) is 58.6. The number of Topliss-reactive ketones (excluding diaryl/α,β-unsaturated/α-hetero) is 1. The molecule has 210 valence electrons. The van der Waals surface area contributed by atoms with E-state index in [4.69, 9.17) is 14.5 Å². The van der Waals surface area contributed by atoms with E-state index in [0.717, 1.165) is 19.3 Å². The summed E-state index contributed by atoms with van der Waals surface area (Å²) in [5.74, 6) is -0.319. The van der Waals surface area contributed by atoms with E-state index >= 15 is 0 Å². The summed E-state index contributed by atoms with van der Waals surface area (Å²) < 4.78 is 10.6. The van der Waals surface area contributed by atoms with Crippen molar-refractivity contribution in [2.75, 3.05) is 18.6 Å². The van der Waals surface area contributed by atoms with Gasteiger partial charge in [0.2, 0.25) is 11.8 Å². The lowest BCUT2D eigenvalue weighted by Crippen LogP contribution is -2.32. The molecule has 1 saturated heterocycles. The number of ketones is 1. The van der Waals surface area contributed by atoms with Gasteiger partial charge in [0.25, 0.3) is 0 Å². The Morgan fingerprint density at radius 2 is 1.60 bits per heavy atom. The summed E-state index contributed by atoms with van der Waals surface area (Å²) in [6, 6.07) is 22.7. The number of amides is 2. The van der Waals surface area contributed by atoms with Gasteiger partial charge < -0.3 is 9.47 Å². The first-order valence-corrected chi connectivity index (χ1v) is 14.2. The van der Waals surface area contributed by atoms with Crippen molar-refractivity contribution >= 4 is 40.2 Å². The number of ether oxygens (including phenoxy) is 2. The van der Waals surface area contributed by atoms with Gasteiger partial charge in [0.1, 0.15) is 5.75 Å². The molecule has 42 heavy (non-hydrogen) atoms. The van der Waals surface area contributed by atoms with Crippen molar-refractivity contribution in [3.8, 4) is 17.0 Å². The highest BCUT2D eigenvalue weighted by Gasteiger charge is 2.61. The molecule has 2 heterocycles. The molecule has 8 heteroatoms. The Labute approximate surface area is 242 Å².